The Labute approximate surface area is 177 Å². The highest BCUT2D eigenvalue weighted by molar-refractivity contribution is 6.35. The van der Waals surface area contributed by atoms with Crippen LogP contribution in [0.15, 0.2) is 18.3 Å². The predicted octanol–water partition coefficient (Wildman–Crippen LogP) is 5.93. The SMILES string of the molecule is Cc1c(C)c(Cl)c2c(c1Cl)CCN(C(=O)CCCc1ccc(C(F)(F)F)cn1)C2. The van der Waals surface area contributed by atoms with Crippen LogP contribution in [-0.2, 0) is 30.4 Å². The van der Waals surface area contributed by atoms with Crippen LogP contribution in [0.3, 0.4) is 0 Å². The third-order valence-electron chi connectivity index (χ3n) is 5.42. The molecule has 1 aromatic carbocycles. The Bertz CT molecular complexity index is 927. The minimum Gasteiger partial charge on any atom is -0.338 e. The molecule has 0 atom stereocenters. The number of halogens is 5. The number of fused-ring (bicyclic) bond motifs is 1. The molecule has 29 heavy (non-hydrogen) atoms. The molecule has 8 heteroatoms. The second kappa shape index (κ2) is 8.52. The minimum atomic E-state index is -4.40. The van der Waals surface area contributed by atoms with E-state index in [0.717, 1.165) is 39.5 Å². The normalized spacial score (nSPS) is 14.1. The van der Waals surface area contributed by atoms with Gasteiger partial charge in [0.15, 0.2) is 0 Å². The van der Waals surface area contributed by atoms with Crippen LogP contribution >= 0.6 is 23.2 Å². The molecular formula is C21H21Cl2F3N2O. The van der Waals surface area contributed by atoms with Crippen molar-refractivity contribution in [1.82, 2.24) is 9.88 Å². The Kier molecular flexibility index (Phi) is 6.44. The minimum absolute atomic E-state index is 0.00650. The van der Waals surface area contributed by atoms with Gasteiger partial charge in [-0.05, 0) is 67.5 Å². The largest absolute Gasteiger partial charge is 0.417 e. The van der Waals surface area contributed by atoms with Crippen LogP contribution < -0.4 is 0 Å². The molecule has 0 aliphatic carbocycles. The fourth-order valence-electron chi connectivity index (χ4n) is 3.52. The third kappa shape index (κ3) is 4.69. The highest BCUT2D eigenvalue weighted by Crippen LogP contribution is 2.37. The molecule has 3 rings (SSSR count). The van der Waals surface area contributed by atoms with E-state index < -0.39 is 11.7 Å². The summed E-state index contributed by atoms with van der Waals surface area (Å²) in [6.07, 6.45) is -1.65. The fraction of sp³-hybridized carbons (Fsp3) is 0.429. The highest BCUT2D eigenvalue weighted by atomic mass is 35.5. The summed E-state index contributed by atoms with van der Waals surface area (Å²) >= 11 is 13.0. The van der Waals surface area contributed by atoms with Crippen molar-refractivity contribution in [1.29, 1.82) is 0 Å². The molecular weight excluding hydrogens is 424 g/mol. The first-order chi connectivity index (χ1) is 13.6. The smallest absolute Gasteiger partial charge is 0.338 e. The van der Waals surface area contributed by atoms with Crippen molar-refractivity contribution in [3.63, 3.8) is 0 Å². The Morgan fingerprint density at radius 3 is 2.38 bits per heavy atom. The third-order valence-corrected chi connectivity index (χ3v) is 6.45. The second-order valence-electron chi connectivity index (χ2n) is 7.29. The molecule has 1 aliphatic rings. The van der Waals surface area contributed by atoms with Gasteiger partial charge < -0.3 is 4.90 Å². The molecule has 0 bridgehead atoms. The summed E-state index contributed by atoms with van der Waals surface area (Å²) in [5.41, 5.74) is 3.58. The Hall–Kier alpha value is -1.79. The van der Waals surface area contributed by atoms with E-state index in [0.29, 0.717) is 49.5 Å². The summed E-state index contributed by atoms with van der Waals surface area (Å²) in [5.74, 6) is -0.00650. The van der Waals surface area contributed by atoms with Crippen LogP contribution in [0, 0.1) is 13.8 Å². The fourth-order valence-corrected chi connectivity index (χ4v) is 4.19. The zero-order valence-corrected chi connectivity index (χ0v) is 17.7. The first-order valence-electron chi connectivity index (χ1n) is 9.35. The molecule has 0 N–H and O–H groups in total. The predicted molar refractivity (Wildman–Crippen MR) is 107 cm³/mol. The van der Waals surface area contributed by atoms with Gasteiger partial charge in [0.05, 0.1) is 5.56 Å². The summed E-state index contributed by atoms with van der Waals surface area (Å²) in [5, 5.41) is 1.38. The van der Waals surface area contributed by atoms with Gasteiger partial charge in [-0.1, -0.05) is 23.2 Å². The van der Waals surface area contributed by atoms with Gasteiger partial charge in [-0.25, -0.2) is 0 Å². The van der Waals surface area contributed by atoms with Crippen LogP contribution in [-0.4, -0.2) is 22.3 Å². The molecule has 0 saturated heterocycles. The second-order valence-corrected chi connectivity index (χ2v) is 8.05. The number of aryl methyl sites for hydroxylation is 1. The molecule has 0 fully saturated rings. The number of nitrogens with zero attached hydrogens (tertiary/aromatic N) is 2. The first-order valence-corrected chi connectivity index (χ1v) is 10.1. The van der Waals surface area contributed by atoms with Crippen molar-refractivity contribution in [3.8, 4) is 0 Å². The van der Waals surface area contributed by atoms with Gasteiger partial charge in [0.1, 0.15) is 0 Å². The zero-order chi connectivity index (χ0) is 21.3. The molecule has 1 amide bonds. The van der Waals surface area contributed by atoms with Crippen molar-refractivity contribution in [2.24, 2.45) is 0 Å². The molecule has 156 valence electrons. The number of amides is 1. The number of carbonyl (C=O) groups excluding carboxylic acids is 1. The van der Waals surface area contributed by atoms with E-state index in [9.17, 15) is 18.0 Å². The van der Waals surface area contributed by atoms with Gasteiger partial charge in [-0.15, -0.1) is 0 Å². The van der Waals surface area contributed by atoms with Crippen molar-refractivity contribution >= 4 is 29.1 Å². The number of hydrogen-bond acceptors (Lipinski definition) is 2. The van der Waals surface area contributed by atoms with Crippen LogP contribution in [0.2, 0.25) is 10.0 Å². The number of alkyl halides is 3. The molecule has 2 heterocycles. The topological polar surface area (TPSA) is 33.2 Å². The van der Waals surface area contributed by atoms with E-state index in [4.69, 9.17) is 23.2 Å². The monoisotopic (exact) mass is 444 g/mol. The van der Waals surface area contributed by atoms with E-state index >= 15 is 0 Å². The number of hydrogen-bond donors (Lipinski definition) is 0. The Balaban J connectivity index is 1.59. The quantitative estimate of drug-likeness (QED) is 0.585. The first kappa shape index (κ1) is 21.9. The molecule has 0 unspecified atom stereocenters. The lowest BCUT2D eigenvalue weighted by atomic mass is 9.94. The number of rotatable bonds is 4. The van der Waals surface area contributed by atoms with E-state index in [-0.39, 0.29) is 5.91 Å². The van der Waals surface area contributed by atoms with E-state index in [1.807, 2.05) is 13.8 Å². The molecule has 3 nitrogen and oxygen atoms in total. The van der Waals surface area contributed by atoms with Gasteiger partial charge in [-0.2, -0.15) is 13.2 Å². The summed E-state index contributed by atoms with van der Waals surface area (Å²) < 4.78 is 37.7. The molecule has 1 aromatic heterocycles. The standard InChI is InChI=1S/C21H21Cl2F3N2O/c1-12-13(2)20(23)17-11-28(9-8-16(17)19(12)22)18(29)5-3-4-15-7-6-14(10-27-15)21(24,25)26/h6-7,10H,3-5,8-9,11H2,1-2H3. The van der Waals surface area contributed by atoms with Crippen LogP contribution in [0.1, 0.15) is 46.4 Å². The van der Waals surface area contributed by atoms with E-state index in [1.165, 1.54) is 6.07 Å². The molecule has 0 saturated carbocycles. The lowest BCUT2D eigenvalue weighted by molar-refractivity contribution is -0.137. The van der Waals surface area contributed by atoms with Crippen LogP contribution in [0.25, 0.3) is 0 Å². The number of aromatic nitrogens is 1. The average molecular weight is 445 g/mol. The number of carbonyl (C=O) groups is 1. The van der Waals surface area contributed by atoms with Crippen molar-refractivity contribution in [2.75, 3.05) is 6.54 Å². The maximum absolute atomic E-state index is 12.6. The number of benzene rings is 1. The summed E-state index contributed by atoms with van der Waals surface area (Å²) in [7, 11) is 0. The van der Waals surface area contributed by atoms with Crippen molar-refractivity contribution < 1.29 is 18.0 Å². The van der Waals surface area contributed by atoms with Crippen LogP contribution in [0.4, 0.5) is 13.2 Å². The lowest BCUT2D eigenvalue weighted by Gasteiger charge is -2.31. The van der Waals surface area contributed by atoms with Gasteiger partial charge in [0.25, 0.3) is 0 Å². The van der Waals surface area contributed by atoms with Gasteiger partial charge in [-0.3, -0.25) is 9.78 Å². The van der Waals surface area contributed by atoms with E-state index in [1.54, 1.807) is 4.90 Å². The average Bonchev–Trinajstić information content (AvgIpc) is 2.69. The highest BCUT2D eigenvalue weighted by Gasteiger charge is 2.30. The zero-order valence-electron chi connectivity index (χ0n) is 16.2. The van der Waals surface area contributed by atoms with Gasteiger partial charge >= 0.3 is 6.18 Å². The van der Waals surface area contributed by atoms with Crippen molar-refractivity contribution in [3.05, 3.63) is 61.9 Å². The number of pyridine rings is 1. The summed E-state index contributed by atoms with van der Waals surface area (Å²) in [4.78, 5) is 18.2. The van der Waals surface area contributed by atoms with Gasteiger partial charge in [0.2, 0.25) is 5.91 Å². The molecule has 0 radical (unpaired) electrons. The molecule has 1 aliphatic heterocycles. The Morgan fingerprint density at radius 2 is 1.79 bits per heavy atom. The lowest BCUT2D eigenvalue weighted by Crippen LogP contribution is -2.36. The maximum Gasteiger partial charge on any atom is 0.417 e. The van der Waals surface area contributed by atoms with Gasteiger partial charge in [0, 0.05) is 41.4 Å². The molecule has 2 aromatic rings. The maximum atomic E-state index is 12.6. The summed E-state index contributed by atoms with van der Waals surface area (Å²) in [6, 6.07) is 2.37. The van der Waals surface area contributed by atoms with Crippen LogP contribution in [0.5, 0.6) is 0 Å². The van der Waals surface area contributed by atoms with Crippen molar-refractivity contribution in [2.45, 2.75) is 52.3 Å². The Morgan fingerprint density at radius 1 is 1.14 bits per heavy atom. The summed E-state index contributed by atoms with van der Waals surface area (Å²) in [6.45, 7) is 4.85. The van der Waals surface area contributed by atoms with E-state index in [2.05, 4.69) is 4.98 Å². The molecule has 0 spiro atoms.